The third-order valence-corrected chi connectivity index (χ3v) is 3.54. The summed E-state index contributed by atoms with van der Waals surface area (Å²) in [5.74, 6) is 0. The van der Waals surface area contributed by atoms with Gasteiger partial charge in [-0.25, -0.2) is 8.42 Å². The molecule has 2 aromatic rings. The Morgan fingerprint density at radius 2 is 2.33 bits per heavy atom. The maximum atomic E-state index is 11.9. The van der Waals surface area contributed by atoms with Crippen molar-refractivity contribution in [1.82, 2.24) is 20.0 Å². The third-order valence-electron chi connectivity index (χ3n) is 2.19. The molecule has 0 aromatic carbocycles. The van der Waals surface area contributed by atoms with Crippen LogP contribution in [0.2, 0.25) is 0 Å². The third kappa shape index (κ3) is 2.87. The number of sulfonamides is 1. The van der Waals surface area contributed by atoms with E-state index in [4.69, 9.17) is 4.74 Å². The number of methoxy groups -OCH3 is 1. The van der Waals surface area contributed by atoms with Gasteiger partial charge in [0.25, 0.3) is 10.0 Å². The van der Waals surface area contributed by atoms with Gasteiger partial charge < -0.3 is 4.74 Å². The minimum atomic E-state index is -3.61. The van der Waals surface area contributed by atoms with Gasteiger partial charge in [-0.15, -0.1) is 0 Å². The molecule has 8 nitrogen and oxygen atoms in total. The standard InChI is InChI=1S/C9H13N5O3S/c1-17-3-2-14-7-8(4-12-14)13-18(15,16)9-5-10-11-6-9/h4-7,13H,2-3H2,1H3,(H,10,11). The zero-order valence-corrected chi connectivity index (χ0v) is 10.5. The number of hydrogen-bond donors (Lipinski definition) is 2. The molecule has 0 aliphatic heterocycles. The van der Waals surface area contributed by atoms with Crippen LogP contribution in [0.5, 0.6) is 0 Å². The molecule has 0 radical (unpaired) electrons. The van der Waals surface area contributed by atoms with Crippen LogP contribution in [0.3, 0.4) is 0 Å². The highest BCUT2D eigenvalue weighted by atomic mass is 32.2. The number of hydrogen-bond acceptors (Lipinski definition) is 5. The van der Waals surface area contributed by atoms with E-state index in [9.17, 15) is 8.42 Å². The lowest BCUT2D eigenvalue weighted by Gasteiger charge is -2.02. The van der Waals surface area contributed by atoms with E-state index >= 15 is 0 Å². The molecule has 0 bridgehead atoms. The number of ether oxygens (including phenoxy) is 1. The Hall–Kier alpha value is -1.87. The summed E-state index contributed by atoms with van der Waals surface area (Å²) in [5.41, 5.74) is 0.396. The Morgan fingerprint density at radius 3 is 3.00 bits per heavy atom. The van der Waals surface area contributed by atoms with Crippen LogP contribution in [0.25, 0.3) is 0 Å². The molecule has 2 aromatic heterocycles. The quantitative estimate of drug-likeness (QED) is 0.773. The van der Waals surface area contributed by atoms with Crippen LogP contribution in [0.1, 0.15) is 0 Å². The lowest BCUT2D eigenvalue weighted by Crippen LogP contribution is -2.11. The van der Waals surface area contributed by atoms with Gasteiger partial charge in [0.05, 0.1) is 31.2 Å². The number of nitrogens with zero attached hydrogens (tertiary/aromatic N) is 3. The molecule has 0 aliphatic rings. The van der Waals surface area contributed by atoms with Crippen molar-refractivity contribution in [3.05, 3.63) is 24.8 Å². The van der Waals surface area contributed by atoms with Crippen molar-refractivity contribution in [2.75, 3.05) is 18.4 Å². The Kier molecular flexibility index (Phi) is 3.63. The fourth-order valence-corrected chi connectivity index (χ4v) is 2.26. The maximum absolute atomic E-state index is 11.9. The summed E-state index contributed by atoms with van der Waals surface area (Å²) in [6.45, 7) is 1.07. The predicted octanol–water partition coefficient (Wildman–Crippen LogP) is 0.0534. The Morgan fingerprint density at radius 1 is 1.50 bits per heavy atom. The fraction of sp³-hybridized carbons (Fsp3) is 0.333. The maximum Gasteiger partial charge on any atom is 0.265 e. The molecular formula is C9H13N5O3S. The molecule has 18 heavy (non-hydrogen) atoms. The Labute approximate surface area is 104 Å². The number of nitrogens with one attached hydrogen (secondary N) is 2. The predicted molar refractivity (Wildman–Crippen MR) is 63.5 cm³/mol. The average Bonchev–Trinajstić information content (AvgIpc) is 2.96. The van der Waals surface area contributed by atoms with Gasteiger partial charge >= 0.3 is 0 Å². The minimum Gasteiger partial charge on any atom is -0.383 e. The minimum absolute atomic E-state index is 0.0761. The zero-order valence-electron chi connectivity index (χ0n) is 9.70. The van der Waals surface area contributed by atoms with Crippen LogP contribution in [0.4, 0.5) is 5.69 Å². The van der Waals surface area contributed by atoms with E-state index in [1.807, 2.05) is 0 Å². The topological polar surface area (TPSA) is 102 Å². The number of H-pyrrole nitrogens is 1. The summed E-state index contributed by atoms with van der Waals surface area (Å²) in [7, 11) is -2.02. The molecule has 2 rings (SSSR count). The van der Waals surface area contributed by atoms with Crippen LogP contribution in [-0.2, 0) is 21.3 Å². The van der Waals surface area contributed by atoms with Gasteiger partial charge in [-0.05, 0) is 0 Å². The van der Waals surface area contributed by atoms with Crippen LogP contribution < -0.4 is 4.72 Å². The van der Waals surface area contributed by atoms with Crippen molar-refractivity contribution in [1.29, 1.82) is 0 Å². The van der Waals surface area contributed by atoms with E-state index in [0.29, 0.717) is 18.8 Å². The van der Waals surface area contributed by atoms with Gasteiger partial charge in [-0.2, -0.15) is 10.2 Å². The van der Waals surface area contributed by atoms with E-state index in [-0.39, 0.29) is 4.90 Å². The summed E-state index contributed by atoms with van der Waals surface area (Å²) in [4.78, 5) is 0.0761. The van der Waals surface area contributed by atoms with Gasteiger partial charge in [0.2, 0.25) is 0 Å². The van der Waals surface area contributed by atoms with Gasteiger partial charge in [0.15, 0.2) is 0 Å². The Balaban J connectivity index is 2.08. The normalized spacial score (nSPS) is 11.6. The molecule has 2 heterocycles. The number of aromatic amines is 1. The lowest BCUT2D eigenvalue weighted by atomic mass is 10.6. The second-order valence-corrected chi connectivity index (χ2v) is 5.21. The van der Waals surface area contributed by atoms with Gasteiger partial charge in [-0.1, -0.05) is 0 Å². The molecule has 0 fully saturated rings. The molecule has 0 spiro atoms. The summed E-state index contributed by atoms with van der Waals surface area (Å²) < 4.78 is 32.6. The largest absolute Gasteiger partial charge is 0.383 e. The summed E-state index contributed by atoms with van der Waals surface area (Å²) in [6, 6.07) is 0. The van der Waals surface area contributed by atoms with Crippen molar-refractivity contribution in [3.63, 3.8) is 0 Å². The van der Waals surface area contributed by atoms with E-state index in [2.05, 4.69) is 20.0 Å². The van der Waals surface area contributed by atoms with Crippen molar-refractivity contribution in [2.24, 2.45) is 0 Å². The molecule has 98 valence electrons. The average molecular weight is 271 g/mol. The van der Waals surface area contributed by atoms with E-state index in [0.717, 1.165) is 0 Å². The SMILES string of the molecule is COCCn1cc(NS(=O)(=O)c2cn[nH]c2)cn1. The van der Waals surface area contributed by atoms with E-state index in [1.165, 1.54) is 18.6 Å². The first-order valence-corrected chi connectivity index (χ1v) is 6.63. The summed E-state index contributed by atoms with van der Waals surface area (Å²) >= 11 is 0. The molecule has 0 amide bonds. The van der Waals surface area contributed by atoms with Crippen molar-refractivity contribution in [3.8, 4) is 0 Å². The smallest absolute Gasteiger partial charge is 0.265 e. The summed E-state index contributed by atoms with van der Waals surface area (Å²) in [6.07, 6.45) is 5.57. The fourth-order valence-electron chi connectivity index (χ4n) is 1.32. The molecule has 2 N–H and O–H groups in total. The van der Waals surface area contributed by atoms with Crippen molar-refractivity contribution >= 4 is 15.7 Å². The van der Waals surface area contributed by atoms with Crippen LogP contribution in [0, 0.1) is 0 Å². The molecule has 0 aliphatic carbocycles. The number of rotatable bonds is 6. The molecule has 0 saturated carbocycles. The van der Waals surface area contributed by atoms with Gasteiger partial charge in [0, 0.05) is 19.5 Å². The van der Waals surface area contributed by atoms with Gasteiger partial charge in [0.1, 0.15) is 4.90 Å². The van der Waals surface area contributed by atoms with E-state index < -0.39 is 10.0 Å². The van der Waals surface area contributed by atoms with Gasteiger partial charge in [-0.3, -0.25) is 14.5 Å². The second-order valence-electron chi connectivity index (χ2n) is 3.52. The monoisotopic (exact) mass is 271 g/mol. The first kappa shape index (κ1) is 12.6. The molecule has 0 unspecified atom stereocenters. The number of aromatic nitrogens is 4. The molecule has 0 saturated heterocycles. The van der Waals surface area contributed by atoms with Crippen LogP contribution in [-0.4, -0.2) is 42.1 Å². The van der Waals surface area contributed by atoms with Crippen LogP contribution >= 0.6 is 0 Å². The molecule has 0 atom stereocenters. The van der Waals surface area contributed by atoms with Crippen molar-refractivity contribution < 1.29 is 13.2 Å². The van der Waals surface area contributed by atoms with Crippen molar-refractivity contribution in [2.45, 2.75) is 11.4 Å². The highest BCUT2D eigenvalue weighted by Gasteiger charge is 2.15. The lowest BCUT2D eigenvalue weighted by molar-refractivity contribution is 0.183. The van der Waals surface area contributed by atoms with E-state index in [1.54, 1.807) is 18.0 Å². The highest BCUT2D eigenvalue weighted by molar-refractivity contribution is 7.92. The number of anilines is 1. The first-order valence-electron chi connectivity index (χ1n) is 5.15. The van der Waals surface area contributed by atoms with Crippen LogP contribution in [0.15, 0.2) is 29.7 Å². The second kappa shape index (κ2) is 5.19. The zero-order chi connectivity index (χ0) is 13.0. The molecular weight excluding hydrogens is 258 g/mol. The molecule has 9 heteroatoms. The first-order chi connectivity index (χ1) is 8.62. The Bertz CT molecular complexity index is 590. The highest BCUT2D eigenvalue weighted by Crippen LogP contribution is 2.13. The summed E-state index contributed by atoms with van der Waals surface area (Å²) in [5, 5.41) is 10.0.